The first-order valence-electron chi connectivity index (χ1n) is 6.53. The van der Waals surface area contributed by atoms with E-state index in [0.717, 1.165) is 15.5 Å². The lowest BCUT2D eigenvalue weighted by Crippen LogP contribution is -2.05. The first kappa shape index (κ1) is 17.8. The summed E-state index contributed by atoms with van der Waals surface area (Å²) in [6, 6.07) is 10.3. The quantitative estimate of drug-likeness (QED) is 0.385. The molecule has 0 radical (unpaired) electrons. The molecule has 0 aliphatic heterocycles. The van der Waals surface area contributed by atoms with Crippen LogP contribution in [0.2, 0.25) is 0 Å². The molecule has 0 saturated carbocycles. The fraction of sp³-hybridized carbons (Fsp3) is 0. The minimum Gasteiger partial charge on any atom is -0.478 e. The van der Waals surface area contributed by atoms with Gasteiger partial charge in [0.2, 0.25) is 0 Å². The first-order valence-corrected chi connectivity index (χ1v) is 10.3. The molecule has 0 aliphatic rings. The van der Waals surface area contributed by atoms with Crippen molar-refractivity contribution >= 4 is 79.8 Å². The maximum absolute atomic E-state index is 11.7. The van der Waals surface area contributed by atoms with E-state index < -0.39 is 11.9 Å². The number of hydrogen-bond donors (Lipinski definition) is 2. The number of halogens is 2. The normalized spacial score (nSPS) is 10.8. The molecule has 0 bridgehead atoms. The van der Waals surface area contributed by atoms with Gasteiger partial charge in [-0.2, -0.15) is 0 Å². The monoisotopic (exact) mass is 582 g/mol. The zero-order chi connectivity index (χ0) is 17.4. The van der Waals surface area contributed by atoms with Crippen molar-refractivity contribution in [3.05, 3.63) is 53.3 Å². The van der Waals surface area contributed by atoms with E-state index in [0.29, 0.717) is 11.1 Å². The molecule has 0 atom stereocenters. The average molecular weight is 582 g/mol. The summed E-state index contributed by atoms with van der Waals surface area (Å²) < 4.78 is 2.01. The van der Waals surface area contributed by atoms with Gasteiger partial charge in [0.1, 0.15) is 0 Å². The van der Waals surface area contributed by atoms with E-state index in [1.54, 1.807) is 0 Å². The van der Waals surface area contributed by atoms with E-state index in [-0.39, 0.29) is 11.1 Å². The third-order valence-electron chi connectivity index (χ3n) is 3.30. The molecule has 24 heavy (non-hydrogen) atoms. The van der Waals surface area contributed by atoms with Crippen LogP contribution in [-0.4, -0.2) is 22.2 Å². The third kappa shape index (κ3) is 3.51. The second kappa shape index (κ2) is 7.10. The minimum atomic E-state index is -1.07. The summed E-state index contributed by atoms with van der Waals surface area (Å²) in [6.45, 7) is 0. The predicted molar refractivity (Wildman–Crippen MR) is 112 cm³/mol. The van der Waals surface area contributed by atoms with Crippen LogP contribution in [0, 0.1) is 5.77 Å². The molecule has 122 valence electrons. The number of rotatable bonds is 4. The van der Waals surface area contributed by atoms with E-state index in [2.05, 4.69) is 45.2 Å². The highest BCUT2D eigenvalue weighted by Gasteiger charge is 2.22. The van der Waals surface area contributed by atoms with Gasteiger partial charge in [0, 0.05) is 20.9 Å². The third-order valence-corrected chi connectivity index (χ3v) is 7.15. The molecule has 3 aromatic rings. The Morgan fingerprint density at radius 1 is 0.750 bits per heavy atom. The van der Waals surface area contributed by atoms with E-state index >= 15 is 0 Å². The van der Waals surface area contributed by atoms with Crippen molar-refractivity contribution < 1.29 is 19.8 Å². The second-order valence-electron chi connectivity index (χ2n) is 4.76. The van der Waals surface area contributed by atoms with E-state index in [4.69, 9.17) is 0 Å². The lowest BCUT2D eigenvalue weighted by Gasteiger charge is -2.10. The maximum atomic E-state index is 11.7. The molecule has 2 heterocycles. The molecule has 3 rings (SSSR count). The van der Waals surface area contributed by atoms with Gasteiger partial charge in [0.05, 0.1) is 16.9 Å². The van der Waals surface area contributed by atoms with Crippen molar-refractivity contribution in [1.29, 1.82) is 0 Å². The van der Waals surface area contributed by atoms with Gasteiger partial charge in [0.25, 0.3) is 0 Å². The number of thiophene rings is 2. The van der Waals surface area contributed by atoms with Crippen molar-refractivity contribution in [1.82, 2.24) is 0 Å². The summed E-state index contributed by atoms with van der Waals surface area (Å²) in [5.74, 6) is -2.14. The maximum Gasteiger partial charge on any atom is 0.336 e. The van der Waals surface area contributed by atoms with E-state index in [1.165, 1.54) is 34.8 Å². The Morgan fingerprint density at radius 2 is 1.12 bits per heavy atom. The predicted octanol–water partition coefficient (Wildman–Crippen LogP) is 5.75. The highest BCUT2D eigenvalue weighted by atomic mass is 127. The number of hydrogen-bond acceptors (Lipinski definition) is 4. The van der Waals surface area contributed by atoms with Crippen LogP contribution in [0.4, 0.5) is 0 Å². The molecule has 0 unspecified atom stereocenters. The smallest absolute Gasteiger partial charge is 0.336 e. The van der Waals surface area contributed by atoms with Gasteiger partial charge in [-0.05, 0) is 81.6 Å². The number of carboxylic acids is 2. The second-order valence-corrected chi connectivity index (χ2v) is 10.7. The Morgan fingerprint density at radius 3 is 1.38 bits per heavy atom. The van der Waals surface area contributed by atoms with Crippen LogP contribution >= 0.6 is 67.9 Å². The molecule has 0 spiro atoms. The molecule has 8 heteroatoms. The largest absolute Gasteiger partial charge is 0.478 e. The van der Waals surface area contributed by atoms with Crippen molar-refractivity contribution in [2.75, 3.05) is 0 Å². The topological polar surface area (TPSA) is 74.6 Å². The molecular weight excluding hydrogens is 574 g/mol. The van der Waals surface area contributed by atoms with Crippen LogP contribution in [0.15, 0.2) is 36.4 Å². The standard InChI is InChI=1S/C16H8I2O4S2/c17-13-3-1-11(23-13)7-5-10(16(21)22)8(6-9(7)15(19)20)12-2-4-14(18)24-12/h1-6H,(H,19,20)(H,21,22). The molecule has 2 aromatic heterocycles. The van der Waals surface area contributed by atoms with Crippen LogP contribution < -0.4 is 0 Å². The number of benzene rings is 1. The van der Waals surface area contributed by atoms with Crippen molar-refractivity contribution in [3.63, 3.8) is 0 Å². The summed E-state index contributed by atoms with van der Waals surface area (Å²) in [6.07, 6.45) is 0. The van der Waals surface area contributed by atoms with Crippen molar-refractivity contribution in [2.24, 2.45) is 0 Å². The van der Waals surface area contributed by atoms with Gasteiger partial charge >= 0.3 is 11.9 Å². The van der Waals surface area contributed by atoms with Gasteiger partial charge in [-0.25, -0.2) is 9.59 Å². The molecule has 0 aliphatic carbocycles. The summed E-state index contributed by atoms with van der Waals surface area (Å²) in [7, 11) is 0. The Bertz CT molecular complexity index is 881. The lowest BCUT2D eigenvalue weighted by atomic mass is 9.96. The summed E-state index contributed by atoms with van der Waals surface area (Å²) in [5, 5.41) is 19.2. The average Bonchev–Trinajstić information content (AvgIpc) is 3.14. The number of carbonyl (C=O) groups is 2. The van der Waals surface area contributed by atoms with E-state index in [1.807, 2.05) is 24.3 Å². The molecule has 4 nitrogen and oxygen atoms in total. The molecule has 1 aromatic carbocycles. The Hall–Kier alpha value is -0.980. The summed E-state index contributed by atoms with van der Waals surface area (Å²) in [5.41, 5.74) is 1.08. The molecule has 2 N–H and O–H groups in total. The Balaban J connectivity index is 2.30. The highest BCUT2D eigenvalue weighted by molar-refractivity contribution is 14.1. The minimum absolute atomic E-state index is 0.108. The van der Waals surface area contributed by atoms with Crippen LogP contribution in [0.3, 0.4) is 0 Å². The lowest BCUT2D eigenvalue weighted by molar-refractivity contribution is 0.0682. The highest BCUT2D eigenvalue weighted by Crippen LogP contribution is 2.38. The first-order chi connectivity index (χ1) is 11.4. The zero-order valence-corrected chi connectivity index (χ0v) is 17.7. The van der Waals surface area contributed by atoms with Gasteiger partial charge < -0.3 is 10.2 Å². The number of aromatic carboxylic acids is 2. The van der Waals surface area contributed by atoms with Crippen LogP contribution in [0.25, 0.3) is 20.9 Å². The van der Waals surface area contributed by atoms with Gasteiger partial charge in [-0.3, -0.25) is 0 Å². The summed E-state index contributed by atoms with van der Waals surface area (Å²) >= 11 is 7.17. The Labute approximate surface area is 172 Å². The molecular formula is C16H8I2O4S2. The van der Waals surface area contributed by atoms with Gasteiger partial charge in [0.15, 0.2) is 0 Å². The molecule has 0 saturated heterocycles. The van der Waals surface area contributed by atoms with Crippen molar-refractivity contribution in [3.8, 4) is 20.9 Å². The Kier molecular flexibility index (Phi) is 5.27. The summed E-state index contributed by atoms with van der Waals surface area (Å²) in [4.78, 5) is 24.9. The number of carboxylic acid groups (broad SMARTS) is 2. The fourth-order valence-electron chi connectivity index (χ4n) is 2.28. The van der Waals surface area contributed by atoms with Crippen LogP contribution in [-0.2, 0) is 0 Å². The SMILES string of the molecule is O=C(O)c1cc(-c2ccc(I)s2)c(C(=O)O)cc1-c1ccc(I)s1. The van der Waals surface area contributed by atoms with Gasteiger partial charge in [-0.15, -0.1) is 22.7 Å². The van der Waals surface area contributed by atoms with Gasteiger partial charge in [-0.1, -0.05) is 0 Å². The fourth-order valence-corrected chi connectivity index (χ4v) is 5.58. The molecule has 0 amide bonds. The van der Waals surface area contributed by atoms with Crippen LogP contribution in [0.1, 0.15) is 20.7 Å². The zero-order valence-electron chi connectivity index (χ0n) is 11.7. The molecule has 0 fully saturated rings. The van der Waals surface area contributed by atoms with E-state index in [9.17, 15) is 19.8 Å². The van der Waals surface area contributed by atoms with Crippen molar-refractivity contribution in [2.45, 2.75) is 0 Å². The van der Waals surface area contributed by atoms with Crippen LogP contribution in [0.5, 0.6) is 0 Å².